The molecule has 6 nitrogen and oxygen atoms in total. The number of H-pyrrole nitrogens is 1. The lowest BCUT2D eigenvalue weighted by atomic mass is 10.1. The van der Waals surface area contributed by atoms with Crippen molar-refractivity contribution in [1.29, 1.82) is 0 Å². The van der Waals surface area contributed by atoms with Gasteiger partial charge in [0, 0.05) is 24.8 Å². The summed E-state index contributed by atoms with van der Waals surface area (Å²) >= 11 is 0. The fraction of sp³-hybridized carbons (Fsp3) is 0.308. The van der Waals surface area contributed by atoms with Gasteiger partial charge in [0.15, 0.2) is 0 Å². The van der Waals surface area contributed by atoms with Gasteiger partial charge in [-0.15, -0.1) is 0 Å². The highest BCUT2D eigenvalue weighted by Gasteiger charge is 2.15. The molecule has 7 heteroatoms. The Labute approximate surface area is 118 Å². The summed E-state index contributed by atoms with van der Waals surface area (Å²) in [5, 5.41) is 9.45. The Morgan fingerprint density at radius 2 is 2.10 bits per heavy atom. The number of nitrogens with one attached hydrogen (secondary N) is 3. The maximum atomic E-state index is 12.2. The largest absolute Gasteiger partial charge is 0.316 e. The van der Waals surface area contributed by atoms with Gasteiger partial charge < -0.3 is 5.32 Å². The smallest absolute Gasteiger partial charge is 0.240 e. The van der Waals surface area contributed by atoms with E-state index >= 15 is 0 Å². The number of hydrogen-bond donors (Lipinski definition) is 3. The molecule has 0 aliphatic rings. The van der Waals surface area contributed by atoms with Gasteiger partial charge in [-0.05, 0) is 37.2 Å². The van der Waals surface area contributed by atoms with E-state index in [1.165, 1.54) is 0 Å². The van der Waals surface area contributed by atoms with Crippen molar-refractivity contribution in [2.24, 2.45) is 0 Å². The van der Waals surface area contributed by atoms with Gasteiger partial charge in [-0.3, -0.25) is 5.10 Å². The van der Waals surface area contributed by atoms with Crippen LogP contribution in [-0.2, 0) is 23.1 Å². The lowest BCUT2D eigenvalue weighted by Crippen LogP contribution is -2.23. The number of aromatic amines is 1. The predicted molar refractivity (Wildman–Crippen MR) is 76.6 cm³/mol. The molecule has 1 aromatic carbocycles. The molecule has 2 aromatic rings. The first-order valence-corrected chi connectivity index (χ1v) is 7.72. The van der Waals surface area contributed by atoms with Crippen LogP contribution in [-0.4, -0.2) is 25.7 Å². The van der Waals surface area contributed by atoms with Crippen LogP contribution in [0.5, 0.6) is 0 Å². The fourth-order valence-corrected chi connectivity index (χ4v) is 2.90. The minimum absolute atomic E-state index is 0.216. The predicted octanol–water partition coefficient (Wildman–Crippen LogP) is 0.916. The molecule has 0 saturated carbocycles. The lowest BCUT2D eigenvalue weighted by molar-refractivity contribution is 0.581. The van der Waals surface area contributed by atoms with Crippen LogP contribution < -0.4 is 10.0 Å². The van der Waals surface area contributed by atoms with Gasteiger partial charge in [-0.25, -0.2) is 13.1 Å². The first-order valence-electron chi connectivity index (χ1n) is 6.24. The van der Waals surface area contributed by atoms with Crippen LogP contribution in [0.3, 0.4) is 0 Å². The zero-order valence-corrected chi connectivity index (χ0v) is 12.3. The van der Waals surface area contributed by atoms with E-state index in [0.717, 1.165) is 16.7 Å². The van der Waals surface area contributed by atoms with Crippen molar-refractivity contribution in [3.63, 3.8) is 0 Å². The Morgan fingerprint density at radius 3 is 2.75 bits per heavy atom. The SMILES string of the molecule is CNCc1cc(S(=O)(=O)NCc2cn[nH]c2)ccc1C. The Balaban J connectivity index is 2.18. The average Bonchev–Trinajstić information content (AvgIpc) is 2.92. The molecule has 0 atom stereocenters. The van der Waals surface area contributed by atoms with Gasteiger partial charge in [0.25, 0.3) is 0 Å². The molecule has 108 valence electrons. The molecule has 0 spiro atoms. The molecule has 3 N–H and O–H groups in total. The Kier molecular flexibility index (Phi) is 4.53. The van der Waals surface area contributed by atoms with Gasteiger partial charge in [0.1, 0.15) is 0 Å². The third-order valence-electron chi connectivity index (χ3n) is 3.02. The molecular formula is C13H18N4O2S. The molecule has 0 aliphatic heterocycles. The summed E-state index contributed by atoms with van der Waals surface area (Å²) in [5.41, 5.74) is 2.82. The molecule has 0 unspecified atom stereocenters. The molecule has 2 rings (SSSR count). The minimum atomic E-state index is -3.51. The summed E-state index contributed by atoms with van der Waals surface area (Å²) in [6, 6.07) is 5.13. The maximum Gasteiger partial charge on any atom is 0.240 e. The standard InChI is InChI=1S/C13H18N4O2S/c1-10-3-4-13(5-12(10)9-14-2)20(18,19)17-8-11-6-15-16-7-11/h3-7,14,17H,8-9H2,1-2H3,(H,15,16). The molecule has 1 heterocycles. The summed E-state index contributed by atoms with van der Waals surface area (Å²) in [6.45, 7) is 2.81. The number of benzene rings is 1. The van der Waals surface area contributed by atoms with Crippen LogP contribution in [0.25, 0.3) is 0 Å². The molecule has 0 radical (unpaired) electrons. The van der Waals surface area contributed by atoms with E-state index in [-0.39, 0.29) is 11.4 Å². The molecule has 20 heavy (non-hydrogen) atoms. The van der Waals surface area contributed by atoms with Crippen LogP contribution in [0, 0.1) is 6.92 Å². The van der Waals surface area contributed by atoms with Gasteiger partial charge in [-0.1, -0.05) is 6.07 Å². The van der Waals surface area contributed by atoms with Crippen molar-refractivity contribution < 1.29 is 8.42 Å². The minimum Gasteiger partial charge on any atom is -0.316 e. The molecule has 0 amide bonds. The zero-order valence-electron chi connectivity index (χ0n) is 11.5. The van der Waals surface area contributed by atoms with Crippen LogP contribution in [0.4, 0.5) is 0 Å². The van der Waals surface area contributed by atoms with E-state index < -0.39 is 10.0 Å². The number of hydrogen-bond acceptors (Lipinski definition) is 4. The van der Waals surface area contributed by atoms with Crippen molar-refractivity contribution in [2.75, 3.05) is 7.05 Å². The maximum absolute atomic E-state index is 12.2. The zero-order chi connectivity index (χ0) is 14.6. The lowest BCUT2D eigenvalue weighted by Gasteiger charge is -2.10. The fourth-order valence-electron chi connectivity index (χ4n) is 1.83. The Morgan fingerprint density at radius 1 is 1.30 bits per heavy atom. The number of nitrogens with zero attached hydrogens (tertiary/aromatic N) is 1. The summed E-state index contributed by atoms with van der Waals surface area (Å²) in [6.07, 6.45) is 3.24. The van der Waals surface area contributed by atoms with Gasteiger partial charge in [0.05, 0.1) is 11.1 Å². The number of sulfonamides is 1. The quantitative estimate of drug-likeness (QED) is 0.739. The molecule has 0 saturated heterocycles. The highest BCUT2D eigenvalue weighted by Crippen LogP contribution is 2.15. The van der Waals surface area contributed by atoms with Crippen LogP contribution >= 0.6 is 0 Å². The number of aromatic nitrogens is 2. The normalized spacial score (nSPS) is 11.7. The summed E-state index contributed by atoms with van der Waals surface area (Å²) < 4.78 is 27.0. The molecule has 1 aromatic heterocycles. The second-order valence-electron chi connectivity index (χ2n) is 4.55. The molecule has 0 fully saturated rings. The summed E-state index contributed by atoms with van der Waals surface area (Å²) in [7, 11) is -1.68. The van der Waals surface area contributed by atoms with Crippen molar-refractivity contribution >= 4 is 10.0 Å². The van der Waals surface area contributed by atoms with E-state index in [1.54, 1.807) is 24.5 Å². The second-order valence-corrected chi connectivity index (χ2v) is 6.32. The number of rotatable bonds is 6. The van der Waals surface area contributed by atoms with Crippen molar-refractivity contribution in [3.05, 3.63) is 47.3 Å². The van der Waals surface area contributed by atoms with Crippen molar-refractivity contribution in [2.45, 2.75) is 24.9 Å². The Bertz CT molecular complexity index is 666. The van der Waals surface area contributed by atoms with Crippen molar-refractivity contribution in [1.82, 2.24) is 20.2 Å². The molecule has 0 aliphatic carbocycles. The third kappa shape index (κ3) is 3.44. The average molecular weight is 294 g/mol. The summed E-state index contributed by atoms with van der Waals surface area (Å²) in [4.78, 5) is 0.275. The van der Waals surface area contributed by atoms with Gasteiger partial charge in [0.2, 0.25) is 10.0 Å². The second kappa shape index (κ2) is 6.17. The van der Waals surface area contributed by atoms with Gasteiger partial charge in [-0.2, -0.15) is 5.10 Å². The third-order valence-corrected chi connectivity index (χ3v) is 4.42. The van der Waals surface area contributed by atoms with E-state index in [2.05, 4.69) is 20.2 Å². The highest BCUT2D eigenvalue weighted by molar-refractivity contribution is 7.89. The highest BCUT2D eigenvalue weighted by atomic mass is 32.2. The van der Waals surface area contributed by atoms with E-state index in [4.69, 9.17) is 0 Å². The molecule has 0 bridgehead atoms. The van der Waals surface area contributed by atoms with E-state index in [1.807, 2.05) is 20.0 Å². The topological polar surface area (TPSA) is 86.9 Å². The van der Waals surface area contributed by atoms with Crippen molar-refractivity contribution in [3.8, 4) is 0 Å². The van der Waals surface area contributed by atoms with E-state index in [0.29, 0.717) is 6.54 Å². The Hall–Kier alpha value is -1.70. The monoisotopic (exact) mass is 294 g/mol. The first kappa shape index (κ1) is 14.7. The van der Waals surface area contributed by atoms with Gasteiger partial charge >= 0.3 is 0 Å². The molecular weight excluding hydrogens is 276 g/mol. The summed E-state index contributed by atoms with van der Waals surface area (Å²) in [5.74, 6) is 0. The first-order chi connectivity index (χ1) is 9.53. The van der Waals surface area contributed by atoms with Crippen LogP contribution in [0.15, 0.2) is 35.5 Å². The number of aryl methyl sites for hydroxylation is 1. The van der Waals surface area contributed by atoms with Crippen LogP contribution in [0.1, 0.15) is 16.7 Å². The van der Waals surface area contributed by atoms with E-state index in [9.17, 15) is 8.42 Å². The van der Waals surface area contributed by atoms with Crippen LogP contribution in [0.2, 0.25) is 0 Å².